The van der Waals surface area contributed by atoms with E-state index >= 15 is 0 Å². The van der Waals surface area contributed by atoms with Gasteiger partial charge in [-0.3, -0.25) is 5.41 Å². The number of hydrogen-bond donors (Lipinski definition) is 1. The molecule has 0 aromatic carbocycles. The monoisotopic (exact) mass is 200 g/mol. The molecule has 0 saturated carbocycles. The summed E-state index contributed by atoms with van der Waals surface area (Å²) in [7, 11) is 1.76. The third kappa shape index (κ3) is 1.80. The van der Waals surface area contributed by atoms with Crippen molar-refractivity contribution in [3.63, 3.8) is 0 Å². The third-order valence-electron chi connectivity index (χ3n) is 1.80. The Morgan fingerprint density at radius 1 is 1.69 bits per heavy atom. The number of carbonyl (C=O) groups is 1. The molecule has 1 N–H and O–H groups in total. The summed E-state index contributed by atoms with van der Waals surface area (Å²) >= 11 is 1.14. The lowest BCUT2D eigenvalue weighted by atomic mass is 10.4. The second kappa shape index (κ2) is 3.74. The van der Waals surface area contributed by atoms with Gasteiger partial charge < -0.3 is 9.30 Å². The molecule has 4 nitrogen and oxygen atoms in total. The van der Waals surface area contributed by atoms with E-state index in [-0.39, 0.29) is 5.97 Å². The van der Waals surface area contributed by atoms with Gasteiger partial charge in [-0.15, -0.1) is 0 Å². The van der Waals surface area contributed by atoms with Crippen molar-refractivity contribution in [1.82, 2.24) is 4.57 Å². The minimum Gasteiger partial charge on any atom is -0.462 e. The normalized spacial score (nSPS) is 10.1. The molecule has 5 heteroatoms. The van der Waals surface area contributed by atoms with Crippen molar-refractivity contribution in [2.75, 3.05) is 6.61 Å². The number of rotatable bonds is 2. The molecule has 0 bridgehead atoms. The zero-order chi connectivity index (χ0) is 10.0. The predicted molar refractivity (Wildman–Crippen MR) is 49.8 cm³/mol. The summed E-state index contributed by atoms with van der Waals surface area (Å²) in [4.78, 5) is 12.2. The van der Waals surface area contributed by atoms with E-state index in [0.29, 0.717) is 16.3 Å². The zero-order valence-electron chi connectivity index (χ0n) is 7.88. The topological polar surface area (TPSA) is 55.1 Å². The summed E-state index contributed by atoms with van der Waals surface area (Å²) < 4.78 is 6.52. The van der Waals surface area contributed by atoms with Crippen molar-refractivity contribution in [2.45, 2.75) is 13.8 Å². The maximum atomic E-state index is 11.3. The fraction of sp³-hybridized carbons (Fsp3) is 0.500. The Labute approximate surface area is 80.3 Å². The first kappa shape index (κ1) is 9.98. The number of nitrogens with one attached hydrogen (secondary N) is 1. The van der Waals surface area contributed by atoms with Crippen molar-refractivity contribution in [3.8, 4) is 0 Å². The molecule has 0 unspecified atom stereocenters. The number of ether oxygens (including phenoxy) is 1. The highest BCUT2D eigenvalue weighted by Gasteiger charge is 2.14. The molecule has 13 heavy (non-hydrogen) atoms. The van der Waals surface area contributed by atoms with E-state index in [1.54, 1.807) is 25.5 Å². The average molecular weight is 200 g/mol. The van der Waals surface area contributed by atoms with E-state index in [2.05, 4.69) is 0 Å². The molecule has 1 heterocycles. The van der Waals surface area contributed by atoms with Crippen LogP contribution in [0.2, 0.25) is 0 Å². The SMILES string of the molecule is CCOC(=O)c1sc(=N)n(C)c1C. The van der Waals surface area contributed by atoms with Gasteiger partial charge in [-0.05, 0) is 13.8 Å². The van der Waals surface area contributed by atoms with Crippen molar-refractivity contribution in [1.29, 1.82) is 5.41 Å². The van der Waals surface area contributed by atoms with Gasteiger partial charge in [-0.1, -0.05) is 11.3 Å². The Kier molecular flexibility index (Phi) is 2.87. The molecule has 0 radical (unpaired) electrons. The summed E-state index contributed by atoms with van der Waals surface area (Å²) in [6.07, 6.45) is 0. The molecule has 0 atom stereocenters. The lowest BCUT2D eigenvalue weighted by Gasteiger charge is -1.99. The number of thiazole rings is 1. The second-order valence-electron chi connectivity index (χ2n) is 2.60. The van der Waals surface area contributed by atoms with Gasteiger partial charge in [-0.25, -0.2) is 4.79 Å². The maximum Gasteiger partial charge on any atom is 0.350 e. The lowest BCUT2D eigenvalue weighted by Crippen LogP contribution is -2.09. The van der Waals surface area contributed by atoms with Crippen LogP contribution in [0.1, 0.15) is 22.3 Å². The van der Waals surface area contributed by atoms with Crippen LogP contribution in [0, 0.1) is 12.3 Å². The van der Waals surface area contributed by atoms with Gasteiger partial charge in [0.25, 0.3) is 0 Å². The van der Waals surface area contributed by atoms with Gasteiger partial charge >= 0.3 is 5.97 Å². The standard InChI is InChI=1S/C8H12N2O2S/c1-4-12-7(11)6-5(2)10(3)8(9)13-6/h9H,4H2,1-3H3. The quantitative estimate of drug-likeness (QED) is 0.725. The summed E-state index contributed by atoms with van der Waals surface area (Å²) in [5, 5.41) is 7.48. The van der Waals surface area contributed by atoms with E-state index in [0.717, 1.165) is 17.0 Å². The second-order valence-corrected chi connectivity index (χ2v) is 3.60. The minimum atomic E-state index is -0.334. The fourth-order valence-electron chi connectivity index (χ4n) is 0.930. The summed E-state index contributed by atoms with van der Waals surface area (Å²) in [6.45, 7) is 3.94. The van der Waals surface area contributed by atoms with E-state index in [4.69, 9.17) is 10.1 Å². The Morgan fingerprint density at radius 2 is 2.31 bits per heavy atom. The van der Waals surface area contributed by atoms with Crippen LogP contribution in [-0.2, 0) is 11.8 Å². The molecule has 0 aliphatic carbocycles. The van der Waals surface area contributed by atoms with E-state index in [9.17, 15) is 4.79 Å². The van der Waals surface area contributed by atoms with Crippen molar-refractivity contribution < 1.29 is 9.53 Å². The molecular weight excluding hydrogens is 188 g/mol. The zero-order valence-corrected chi connectivity index (χ0v) is 8.70. The number of aromatic nitrogens is 1. The van der Waals surface area contributed by atoms with Crippen LogP contribution in [0.4, 0.5) is 0 Å². The molecule has 0 saturated heterocycles. The summed E-state index contributed by atoms with van der Waals surface area (Å²) in [6, 6.07) is 0. The van der Waals surface area contributed by atoms with Gasteiger partial charge in [0.05, 0.1) is 6.61 Å². The van der Waals surface area contributed by atoms with Crippen LogP contribution in [-0.4, -0.2) is 17.1 Å². The van der Waals surface area contributed by atoms with Crippen LogP contribution in [0.5, 0.6) is 0 Å². The predicted octanol–water partition coefficient (Wildman–Crippen LogP) is 1.05. The molecule has 1 aromatic rings. The van der Waals surface area contributed by atoms with Crippen LogP contribution in [0.25, 0.3) is 0 Å². The Bertz CT molecular complexity index is 378. The van der Waals surface area contributed by atoms with Crippen LogP contribution >= 0.6 is 11.3 Å². The largest absolute Gasteiger partial charge is 0.462 e. The molecule has 72 valence electrons. The number of hydrogen-bond acceptors (Lipinski definition) is 4. The molecule has 1 rings (SSSR count). The minimum absolute atomic E-state index is 0.334. The summed E-state index contributed by atoms with van der Waals surface area (Å²) in [5.41, 5.74) is 0.786. The van der Waals surface area contributed by atoms with Gasteiger partial charge in [-0.2, -0.15) is 0 Å². The molecule has 1 aromatic heterocycles. The average Bonchev–Trinajstić information content (AvgIpc) is 2.33. The maximum absolute atomic E-state index is 11.3. The Balaban J connectivity index is 3.09. The molecular formula is C8H12N2O2S. The summed E-state index contributed by atoms with van der Waals surface area (Å²) in [5.74, 6) is -0.334. The van der Waals surface area contributed by atoms with Crippen LogP contribution < -0.4 is 4.80 Å². The lowest BCUT2D eigenvalue weighted by molar-refractivity contribution is 0.0530. The van der Waals surface area contributed by atoms with E-state index < -0.39 is 0 Å². The Hall–Kier alpha value is -1.10. The smallest absolute Gasteiger partial charge is 0.350 e. The van der Waals surface area contributed by atoms with Crippen molar-refractivity contribution >= 4 is 17.3 Å². The van der Waals surface area contributed by atoms with Gasteiger partial charge in [0.2, 0.25) is 0 Å². The number of carbonyl (C=O) groups excluding carboxylic acids is 1. The van der Waals surface area contributed by atoms with Crippen LogP contribution in [0.3, 0.4) is 0 Å². The van der Waals surface area contributed by atoms with Crippen LogP contribution in [0.15, 0.2) is 0 Å². The first-order valence-electron chi connectivity index (χ1n) is 3.96. The van der Waals surface area contributed by atoms with E-state index in [1.807, 2.05) is 0 Å². The first-order valence-corrected chi connectivity index (χ1v) is 4.77. The number of esters is 1. The molecule has 0 aliphatic heterocycles. The first-order chi connectivity index (χ1) is 6.07. The van der Waals surface area contributed by atoms with E-state index in [1.165, 1.54) is 0 Å². The Morgan fingerprint density at radius 3 is 2.69 bits per heavy atom. The van der Waals surface area contributed by atoms with Gasteiger partial charge in [0.1, 0.15) is 4.88 Å². The molecule has 0 spiro atoms. The molecule has 0 amide bonds. The third-order valence-corrected chi connectivity index (χ3v) is 2.93. The highest BCUT2D eigenvalue weighted by molar-refractivity contribution is 7.11. The van der Waals surface area contributed by atoms with Gasteiger partial charge in [0.15, 0.2) is 4.80 Å². The molecule has 0 fully saturated rings. The van der Waals surface area contributed by atoms with Crippen molar-refractivity contribution in [3.05, 3.63) is 15.4 Å². The fourth-order valence-corrected chi connectivity index (χ4v) is 1.82. The highest BCUT2D eigenvalue weighted by atomic mass is 32.1. The van der Waals surface area contributed by atoms with Gasteiger partial charge in [0, 0.05) is 12.7 Å². The number of nitrogens with zero attached hydrogens (tertiary/aromatic N) is 1. The van der Waals surface area contributed by atoms with Crippen molar-refractivity contribution in [2.24, 2.45) is 7.05 Å². The highest BCUT2D eigenvalue weighted by Crippen LogP contribution is 2.11. The molecule has 0 aliphatic rings.